The Labute approximate surface area is 178 Å². The summed E-state index contributed by atoms with van der Waals surface area (Å²) in [4.78, 5) is 6.78. The number of benzene rings is 1. The van der Waals surface area contributed by atoms with E-state index in [0.29, 0.717) is 24.1 Å². The maximum Gasteiger partial charge on any atom is 0.188 e. The van der Waals surface area contributed by atoms with E-state index < -0.39 is 0 Å². The highest BCUT2D eigenvalue weighted by molar-refractivity contribution is 14.0. The molecule has 1 heterocycles. The standard InChI is InChI=1S/C18H29ClN4O2.HI/c1-2-25-17-5-4-16(19)14-15(17)6-8-22-18(20)21-7-3-9-23-10-12-24-13-11-23;/h4-5,14H,2-3,6-13H2,1H3,(H3,20,21,22);1H. The minimum absolute atomic E-state index is 0. The highest BCUT2D eigenvalue weighted by Gasteiger charge is 2.09. The molecule has 8 heteroatoms. The van der Waals surface area contributed by atoms with Crippen molar-refractivity contribution in [1.82, 2.24) is 10.2 Å². The summed E-state index contributed by atoms with van der Waals surface area (Å²) in [6.07, 6.45) is 1.78. The van der Waals surface area contributed by atoms with Gasteiger partial charge in [0.05, 0.1) is 19.8 Å². The van der Waals surface area contributed by atoms with Crippen LogP contribution in [0.3, 0.4) is 0 Å². The second-order valence-electron chi connectivity index (χ2n) is 5.94. The monoisotopic (exact) mass is 496 g/mol. The molecule has 0 saturated carbocycles. The van der Waals surface area contributed by atoms with Gasteiger partial charge in [0.1, 0.15) is 5.75 Å². The fourth-order valence-corrected chi connectivity index (χ4v) is 2.93. The lowest BCUT2D eigenvalue weighted by Crippen LogP contribution is -2.37. The smallest absolute Gasteiger partial charge is 0.188 e. The van der Waals surface area contributed by atoms with Gasteiger partial charge in [-0.05, 0) is 43.5 Å². The fraction of sp³-hybridized carbons (Fsp3) is 0.611. The van der Waals surface area contributed by atoms with Gasteiger partial charge in [-0.15, -0.1) is 24.0 Å². The van der Waals surface area contributed by atoms with Crippen LogP contribution in [0.2, 0.25) is 5.02 Å². The molecule has 148 valence electrons. The first-order valence-corrected chi connectivity index (χ1v) is 9.32. The number of ether oxygens (including phenoxy) is 2. The van der Waals surface area contributed by atoms with Gasteiger partial charge in [0.25, 0.3) is 0 Å². The summed E-state index contributed by atoms with van der Waals surface area (Å²) < 4.78 is 11.0. The van der Waals surface area contributed by atoms with E-state index in [1.165, 1.54) is 0 Å². The molecule has 0 atom stereocenters. The molecule has 26 heavy (non-hydrogen) atoms. The molecule has 2 rings (SSSR count). The zero-order valence-electron chi connectivity index (χ0n) is 15.4. The van der Waals surface area contributed by atoms with E-state index in [1.54, 1.807) is 0 Å². The molecule has 0 aromatic heterocycles. The topological polar surface area (TPSA) is 72.1 Å². The average molecular weight is 497 g/mol. The van der Waals surface area contributed by atoms with Crippen LogP contribution in [0.4, 0.5) is 0 Å². The molecule has 0 unspecified atom stereocenters. The SMILES string of the molecule is CCOc1ccc(Cl)cc1CCNC(N)=NCCCN1CCOCC1.I. The first-order chi connectivity index (χ1) is 12.2. The summed E-state index contributed by atoms with van der Waals surface area (Å²) in [5.74, 6) is 1.36. The number of aliphatic imine (C=N–C) groups is 1. The molecule has 6 nitrogen and oxygen atoms in total. The Bertz CT molecular complexity index is 554. The summed E-state index contributed by atoms with van der Waals surface area (Å²) >= 11 is 6.07. The first kappa shape index (κ1) is 23.3. The summed E-state index contributed by atoms with van der Waals surface area (Å²) in [5, 5.41) is 3.87. The minimum atomic E-state index is 0. The predicted octanol–water partition coefficient (Wildman–Crippen LogP) is 2.53. The molecule has 1 aliphatic rings. The van der Waals surface area contributed by atoms with E-state index in [4.69, 9.17) is 26.8 Å². The van der Waals surface area contributed by atoms with E-state index in [9.17, 15) is 0 Å². The first-order valence-electron chi connectivity index (χ1n) is 8.94. The molecule has 1 aromatic carbocycles. The fourth-order valence-electron chi connectivity index (χ4n) is 2.74. The number of hydrogen-bond acceptors (Lipinski definition) is 4. The van der Waals surface area contributed by atoms with Crippen molar-refractivity contribution in [3.8, 4) is 5.75 Å². The van der Waals surface area contributed by atoms with Crippen LogP contribution in [0.15, 0.2) is 23.2 Å². The molecule has 1 fully saturated rings. The lowest BCUT2D eigenvalue weighted by atomic mass is 10.1. The van der Waals surface area contributed by atoms with Gasteiger partial charge in [-0.2, -0.15) is 0 Å². The Morgan fingerprint density at radius 1 is 1.38 bits per heavy atom. The van der Waals surface area contributed by atoms with Crippen LogP contribution in [-0.2, 0) is 11.2 Å². The lowest BCUT2D eigenvalue weighted by Gasteiger charge is -2.26. The Morgan fingerprint density at radius 2 is 2.15 bits per heavy atom. The molecule has 1 aliphatic heterocycles. The maximum atomic E-state index is 6.07. The number of halogens is 2. The van der Waals surface area contributed by atoms with E-state index in [2.05, 4.69) is 15.2 Å². The van der Waals surface area contributed by atoms with Gasteiger partial charge in [0.15, 0.2) is 5.96 Å². The molecular formula is C18H30ClIN4O2. The Morgan fingerprint density at radius 3 is 2.88 bits per heavy atom. The van der Waals surface area contributed by atoms with Crippen molar-refractivity contribution < 1.29 is 9.47 Å². The largest absolute Gasteiger partial charge is 0.494 e. The van der Waals surface area contributed by atoms with Crippen molar-refractivity contribution in [1.29, 1.82) is 0 Å². The second-order valence-corrected chi connectivity index (χ2v) is 6.37. The zero-order chi connectivity index (χ0) is 17.9. The zero-order valence-corrected chi connectivity index (χ0v) is 18.5. The Kier molecular flexibility index (Phi) is 12.0. The van der Waals surface area contributed by atoms with E-state index in [-0.39, 0.29) is 24.0 Å². The summed E-state index contributed by atoms with van der Waals surface area (Å²) in [5.41, 5.74) is 7.00. The molecule has 0 amide bonds. The lowest BCUT2D eigenvalue weighted by molar-refractivity contribution is 0.0377. The van der Waals surface area contributed by atoms with Gasteiger partial charge in [-0.1, -0.05) is 11.6 Å². The van der Waals surface area contributed by atoms with Crippen LogP contribution in [0.5, 0.6) is 5.75 Å². The third-order valence-electron chi connectivity index (χ3n) is 4.04. The molecule has 1 aromatic rings. The van der Waals surface area contributed by atoms with E-state index in [1.807, 2.05) is 25.1 Å². The molecule has 0 radical (unpaired) electrons. The average Bonchev–Trinajstić information content (AvgIpc) is 2.62. The van der Waals surface area contributed by atoms with Crippen LogP contribution in [0.1, 0.15) is 18.9 Å². The Balaban J connectivity index is 0.00000338. The Hall–Kier alpha value is -0.770. The molecule has 0 aliphatic carbocycles. The summed E-state index contributed by atoms with van der Waals surface area (Å²) in [6, 6.07) is 5.68. The summed E-state index contributed by atoms with van der Waals surface area (Å²) in [7, 11) is 0. The van der Waals surface area contributed by atoms with Gasteiger partial charge in [0.2, 0.25) is 0 Å². The number of nitrogens with zero attached hydrogens (tertiary/aromatic N) is 2. The minimum Gasteiger partial charge on any atom is -0.494 e. The van der Waals surface area contributed by atoms with Crippen LogP contribution >= 0.6 is 35.6 Å². The van der Waals surface area contributed by atoms with Gasteiger partial charge >= 0.3 is 0 Å². The number of nitrogens with one attached hydrogen (secondary N) is 1. The molecule has 0 bridgehead atoms. The van der Waals surface area contributed by atoms with Crippen molar-refractivity contribution in [2.75, 3.05) is 52.5 Å². The van der Waals surface area contributed by atoms with E-state index in [0.717, 1.165) is 63.5 Å². The van der Waals surface area contributed by atoms with Crippen molar-refractivity contribution >= 4 is 41.5 Å². The molecule has 0 spiro atoms. The molecule has 1 saturated heterocycles. The number of hydrogen-bond donors (Lipinski definition) is 2. The maximum absolute atomic E-state index is 6.07. The quantitative estimate of drug-likeness (QED) is 0.238. The highest BCUT2D eigenvalue weighted by Crippen LogP contribution is 2.23. The number of guanidine groups is 1. The number of nitrogens with two attached hydrogens (primary N) is 1. The highest BCUT2D eigenvalue weighted by atomic mass is 127. The molecular weight excluding hydrogens is 467 g/mol. The number of rotatable bonds is 9. The van der Waals surface area contributed by atoms with Gasteiger partial charge in [-0.25, -0.2) is 0 Å². The third kappa shape index (κ3) is 8.75. The second kappa shape index (κ2) is 13.4. The van der Waals surface area contributed by atoms with Crippen molar-refractivity contribution in [3.05, 3.63) is 28.8 Å². The van der Waals surface area contributed by atoms with E-state index >= 15 is 0 Å². The van der Waals surface area contributed by atoms with Gasteiger partial charge in [-0.3, -0.25) is 9.89 Å². The van der Waals surface area contributed by atoms with Crippen molar-refractivity contribution in [2.24, 2.45) is 10.7 Å². The van der Waals surface area contributed by atoms with Crippen molar-refractivity contribution in [3.63, 3.8) is 0 Å². The van der Waals surface area contributed by atoms with Gasteiger partial charge < -0.3 is 20.5 Å². The molecule has 3 N–H and O–H groups in total. The van der Waals surface area contributed by atoms with Crippen LogP contribution in [0.25, 0.3) is 0 Å². The van der Waals surface area contributed by atoms with Crippen molar-refractivity contribution in [2.45, 2.75) is 19.8 Å². The van der Waals surface area contributed by atoms with Crippen LogP contribution in [-0.4, -0.2) is 63.4 Å². The predicted molar refractivity (Wildman–Crippen MR) is 118 cm³/mol. The van der Waals surface area contributed by atoms with Crippen LogP contribution < -0.4 is 15.8 Å². The number of morpholine rings is 1. The van der Waals surface area contributed by atoms with Gasteiger partial charge in [0, 0.05) is 37.7 Å². The normalized spacial score (nSPS) is 15.4. The third-order valence-corrected chi connectivity index (χ3v) is 4.28. The van der Waals surface area contributed by atoms with Crippen LogP contribution in [0, 0.1) is 0 Å². The summed E-state index contributed by atoms with van der Waals surface area (Å²) in [6.45, 7) is 8.77.